The lowest BCUT2D eigenvalue weighted by molar-refractivity contribution is 0.174. The van der Waals surface area contributed by atoms with Gasteiger partial charge in [0.25, 0.3) is 0 Å². The Kier molecular flexibility index (Phi) is 5.49. The molecule has 0 saturated carbocycles. The predicted octanol–water partition coefficient (Wildman–Crippen LogP) is 2.27. The molecule has 0 radical (unpaired) electrons. The van der Waals surface area contributed by atoms with E-state index in [2.05, 4.69) is 11.8 Å². The Morgan fingerprint density at radius 3 is 2.93 bits per heavy atom. The largest absolute Gasteiger partial charge is 0.393 e. The molecule has 0 aromatic heterocycles. The number of aliphatic hydroxyl groups excluding tert-OH is 1. The predicted molar refractivity (Wildman–Crippen MR) is 60.4 cm³/mol. The second kappa shape index (κ2) is 6.41. The van der Waals surface area contributed by atoms with Crippen molar-refractivity contribution in [2.24, 2.45) is 5.92 Å². The van der Waals surface area contributed by atoms with E-state index in [1.807, 2.05) is 6.92 Å². The van der Waals surface area contributed by atoms with E-state index in [1.54, 1.807) is 0 Å². The molecule has 1 aliphatic rings. The molecule has 0 amide bonds. The SMILES string of the molecule is CCCC1CCN(CCCC(C)O)C1. The molecular formula is C12H25NO. The van der Waals surface area contributed by atoms with Gasteiger partial charge in [0.05, 0.1) is 6.10 Å². The van der Waals surface area contributed by atoms with Crippen LogP contribution in [0.1, 0.15) is 46.0 Å². The molecule has 0 aromatic rings. The van der Waals surface area contributed by atoms with Gasteiger partial charge in [-0.05, 0) is 51.6 Å². The highest BCUT2D eigenvalue weighted by atomic mass is 16.3. The topological polar surface area (TPSA) is 23.5 Å². The number of hydrogen-bond acceptors (Lipinski definition) is 2. The number of rotatable bonds is 6. The van der Waals surface area contributed by atoms with Crippen LogP contribution in [-0.2, 0) is 0 Å². The van der Waals surface area contributed by atoms with E-state index in [4.69, 9.17) is 5.11 Å². The number of hydrogen-bond donors (Lipinski definition) is 1. The van der Waals surface area contributed by atoms with Gasteiger partial charge in [0.1, 0.15) is 0 Å². The van der Waals surface area contributed by atoms with E-state index < -0.39 is 0 Å². The summed E-state index contributed by atoms with van der Waals surface area (Å²) in [5.74, 6) is 0.951. The molecule has 1 aliphatic heterocycles. The van der Waals surface area contributed by atoms with E-state index in [9.17, 15) is 0 Å². The first kappa shape index (κ1) is 12.0. The summed E-state index contributed by atoms with van der Waals surface area (Å²) in [4.78, 5) is 2.56. The van der Waals surface area contributed by atoms with Crippen LogP contribution in [0.25, 0.3) is 0 Å². The third kappa shape index (κ3) is 4.43. The summed E-state index contributed by atoms with van der Waals surface area (Å²) in [6.45, 7) is 7.92. The highest BCUT2D eigenvalue weighted by Crippen LogP contribution is 2.20. The Labute approximate surface area is 88.3 Å². The maximum atomic E-state index is 9.14. The minimum Gasteiger partial charge on any atom is -0.393 e. The molecule has 2 unspecified atom stereocenters. The summed E-state index contributed by atoms with van der Waals surface area (Å²) >= 11 is 0. The summed E-state index contributed by atoms with van der Waals surface area (Å²) in [5.41, 5.74) is 0. The van der Waals surface area contributed by atoms with Crippen molar-refractivity contribution in [1.29, 1.82) is 0 Å². The van der Waals surface area contributed by atoms with Crippen LogP contribution in [0.15, 0.2) is 0 Å². The van der Waals surface area contributed by atoms with Crippen LogP contribution < -0.4 is 0 Å². The second-order valence-electron chi connectivity index (χ2n) is 4.74. The summed E-state index contributed by atoms with van der Waals surface area (Å²) in [6.07, 6.45) is 6.09. The lowest BCUT2D eigenvalue weighted by atomic mass is 10.0. The molecule has 2 heteroatoms. The summed E-state index contributed by atoms with van der Waals surface area (Å²) < 4.78 is 0. The van der Waals surface area contributed by atoms with E-state index in [1.165, 1.54) is 38.9 Å². The fraction of sp³-hybridized carbons (Fsp3) is 1.00. The Bertz CT molecular complexity index is 147. The van der Waals surface area contributed by atoms with Gasteiger partial charge in [-0.3, -0.25) is 0 Å². The van der Waals surface area contributed by atoms with Crippen molar-refractivity contribution in [2.45, 2.75) is 52.1 Å². The van der Waals surface area contributed by atoms with Crippen LogP contribution in [0, 0.1) is 5.92 Å². The highest BCUT2D eigenvalue weighted by Gasteiger charge is 2.20. The van der Waals surface area contributed by atoms with Crippen molar-refractivity contribution in [1.82, 2.24) is 4.90 Å². The van der Waals surface area contributed by atoms with Crippen LogP contribution >= 0.6 is 0 Å². The first-order valence-electron chi connectivity index (χ1n) is 6.12. The molecule has 0 spiro atoms. The smallest absolute Gasteiger partial charge is 0.0512 e. The zero-order valence-electron chi connectivity index (χ0n) is 9.71. The Morgan fingerprint density at radius 1 is 1.50 bits per heavy atom. The van der Waals surface area contributed by atoms with Crippen molar-refractivity contribution in [2.75, 3.05) is 19.6 Å². The van der Waals surface area contributed by atoms with Crippen molar-refractivity contribution < 1.29 is 5.11 Å². The standard InChI is InChI=1S/C12H25NO/c1-3-5-12-7-9-13(10-12)8-4-6-11(2)14/h11-12,14H,3-10H2,1-2H3. The minimum absolute atomic E-state index is 0.121. The van der Waals surface area contributed by atoms with Crippen LogP contribution in [0.4, 0.5) is 0 Å². The van der Waals surface area contributed by atoms with Crippen LogP contribution in [-0.4, -0.2) is 35.7 Å². The second-order valence-corrected chi connectivity index (χ2v) is 4.74. The summed E-state index contributed by atoms with van der Waals surface area (Å²) in [7, 11) is 0. The number of nitrogens with zero attached hydrogens (tertiary/aromatic N) is 1. The lowest BCUT2D eigenvalue weighted by Gasteiger charge is -2.16. The molecule has 0 aliphatic carbocycles. The third-order valence-corrected chi connectivity index (χ3v) is 3.16. The molecule has 1 fully saturated rings. The van der Waals surface area contributed by atoms with Crippen LogP contribution in [0.3, 0.4) is 0 Å². The molecule has 2 atom stereocenters. The quantitative estimate of drug-likeness (QED) is 0.709. The average molecular weight is 199 g/mol. The van der Waals surface area contributed by atoms with Crippen molar-refractivity contribution in [3.8, 4) is 0 Å². The molecule has 1 rings (SSSR count). The monoisotopic (exact) mass is 199 g/mol. The molecule has 1 saturated heterocycles. The maximum Gasteiger partial charge on any atom is 0.0512 e. The fourth-order valence-corrected chi connectivity index (χ4v) is 2.37. The average Bonchev–Trinajstić information content (AvgIpc) is 2.53. The first-order valence-corrected chi connectivity index (χ1v) is 6.12. The number of aliphatic hydroxyl groups is 1. The van der Waals surface area contributed by atoms with Gasteiger partial charge in [-0.2, -0.15) is 0 Å². The Hall–Kier alpha value is -0.0800. The molecule has 2 nitrogen and oxygen atoms in total. The van der Waals surface area contributed by atoms with E-state index in [0.29, 0.717) is 0 Å². The van der Waals surface area contributed by atoms with Crippen LogP contribution in [0.5, 0.6) is 0 Å². The highest BCUT2D eigenvalue weighted by molar-refractivity contribution is 4.75. The van der Waals surface area contributed by atoms with Gasteiger partial charge in [-0.25, -0.2) is 0 Å². The van der Waals surface area contributed by atoms with Gasteiger partial charge in [-0.1, -0.05) is 13.3 Å². The van der Waals surface area contributed by atoms with Crippen molar-refractivity contribution in [3.05, 3.63) is 0 Å². The van der Waals surface area contributed by atoms with Gasteiger partial charge in [0, 0.05) is 6.54 Å². The Balaban J connectivity index is 2.04. The molecule has 1 heterocycles. The van der Waals surface area contributed by atoms with Crippen molar-refractivity contribution >= 4 is 0 Å². The van der Waals surface area contributed by atoms with Gasteiger partial charge in [0.15, 0.2) is 0 Å². The van der Waals surface area contributed by atoms with Gasteiger partial charge in [0.2, 0.25) is 0 Å². The Morgan fingerprint density at radius 2 is 2.29 bits per heavy atom. The van der Waals surface area contributed by atoms with Crippen molar-refractivity contribution in [3.63, 3.8) is 0 Å². The van der Waals surface area contributed by atoms with Gasteiger partial charge in [-0.15, -0.1) is 0 Å². The molecule has 84 valence electrons. The molecule has 0 bridgehead atoms. The molecule has 0 aromatic carbocycles. The zero-order valence-corrected chi connectivity index (χ0v) is 9.71. The van der Waals surface area contributed by atoms with Crippen LogP contribution in [0.2, 0.25) is 0 Å². The zero-order chi connectivity index (χ0) is 10.4. The lowest BCUT2D eigenvalue weighted by Crippen LogP contribution is -2.22. The maximum absolute atomic E-state index is 9.14. The molecule has 1 N–H and O–H groups in total. The van der Waals surface area contributed by atoms with E-state index in [-0.39, 0.29) is 6.10 Å². The summed E-state index contributed by atoms with van der Waals surface area (Å²) in [6, 6.07) is 0. The normalized spacial score (nSPS) is 25.5. The van der Waals surface area contributed by atoms with Gasteiger partial charge >= 0.3 is 0 Å². The molecular weight excluding hydrogens is 174 g/mol. The van der Waals surface area contributed by atoms with Gasteiger partial charge < -0.3 is 10.0 Å². The van der Waals surface area contributed by atoms with E-state index >= 15 is 0 Å². The molecule has 14 heavy (non-hydrogen) atoms. The third-order valence-electron chi connectivity index (χ3n) is 3.16. The minimum atomic E-state index is -0.121. The first-order chi connectivity index (χ1) is 6.72. The van der Waals surface area contributed by atoms with E-state index in [0.717, 1.165) is 18.8 Å². The fourth-order valence-electron chi connectivity index (χ4n) is 2.37. The number of likely N-dealkylation sites (tertiary alicyclic amines) is 1. The summed E-state index contributed by atoms with van der Waals surface area (Å²) in [5, 5.41) is 9.14.